The van der Waals surface area contributed by atoms with Gasteiger partial charge in [0.05, 0.1) is 25.4 Å². The maximum absolute atomic E-state index is 15.8. The molecule has 1 N–H and O–H groups in total. The summed E-state index contributed by atoms with van der Waals surface area (Å²) in [5, 5.41) is 12.6. The summed E-state index contributed by atoms with van der Waals surface area (Å²) < 4.78 is 49.0. The van der Waals surface area contributed by atoms with Gasteiger partial charge in [0.15, 0.2) is 6.19 Å². The lowest BCUT2D eigenvalue weighted by Crippen LogP contribution is -2.56. The van der Waals surface area contributed by atoms with E-state index in [9.17, 15) is 23.6 Å². The summed E-state index contributed by atoms with van der Waals surface area (Å²) in [6.07, 6.45) is 6.36. The number of alkyl halides is 2. The molecule has 1 aliphatic heterocycles. The van der Waals surface area contributed by atoms with E-state index in [1.807, 2.05) is 6.19 Å². The van der Waals surface area contributed by atoms with Crippen LogP contribution < -0.4 is 10.2 Å². The van der Waals surface area contributed by atoms with Crippen LogP contribution in [0.4, 0.5) is 18.9 Å². The zero-order valence-electron chi connectivity index (χ0n) is 22.3. The Kier molecular flexibility index (Phi) is 7.99. The standard InChI is InChI=1S/C29H32F3N5O3/c1-18-8-11-34-15-22(18)26(27(38)35-21-6-9-29(31,32)10-7-21)37(28(39)25-16-40-13-12-36(25)17-33)24-5-4-20(14-23(24)30)19-2-3-19/h4-5,8,11,14-15,19,21,25-26H,2-3,6-7,9-10,12-13,16H2,1H3,(H,35,38)/t25-,26?/m1/s1. The van der Waals surface area contributed by atoms with Crippen molar-refractivity contribution in [1.82, 2.24) is 15.2 Å². The average molecular weight is 556 g/mol. The molecule has 11 heteroatoms. The Morgan fingerprint density at radius 3 is 2.62 bits per heavy atom. The number of carbonyl (C=O) groups excluding carboxylic acids is 2. The topological polar surface area (TPSA) is 98.6 Å². The van der Waals surface area contributed by atoms with Gasteiger partial charge in [0, 0.05) is 36.8 Å². The molecule has 3 aliphatic rings. The molecule has 3 fully saturated rings. The SMILES string of the molecule is Cc1ccncc1C(C(=O)NC1CCC(F)(F)CC1)N(C(=O)[C@H]1COCCN1C#N)c1ccc(C2CC2)cc1F. The molecule has 8 nitrogen and oxygen atoms in total. The highest BCUT2D eigenvalue weighted by atomic mass is 19.3. The Labute approximate surface area is 231 Å². The summed E-state index contributed by atoms with van der Waals surface area (Å²) in [7, 11) is 0. The second kappa shape index (κ2) is 11.5. The van der Waals surface area contributed by atoms with Gasteiger partial charge in [-0.15, -0.1) is 0 Å². The van der Waals surface area contributed by atoms with Crippen LogP contribution in [0.15, 0.2) is 36.7 Å². The third kappa shape index (κ3) is 5.92. The second-order valence-corrected chi connectivity index (χ2v) is 10.9. The van der Waals surface area contributed by atoms with E-state index in [0.717, 1.165) is 23.3 Å². The molecule has 2 saturated carbocycles. The minimum Gasteiger partial charge on any atom is -0.377 e. The number of rotatable bonds is 7. The zero-order chi connectivity index (χ0) is 28.4. The molecule has 1 aromatic carbocycles. The van der Waals surface area contributed by atoms with E-state index in [1.54, 1.807) is 25.3 Å². The number of ether oxygens (including phenoxy) is 1. The minimum atomic E-state index is -2.78. The summed E-state index contributed by atoms with van der Waals surface area (Å²) in [5.74, 6) is -4.51. The van der Waals surface area contributed by atoms with Crippen molar-refractivity contribution in [3.63, 3.8) is 0 Å². The fraction of sp³-hybridized carbons (Fsp3) is 0.517. The molecule has 0 spiro atoms. The number of amides is 2. The highest BCUT2D eigenvalue weighted by Gasteiger charge is 2.43. The molecule has 1 aromatic heterocycles. The first-order valence-corrected chi connectivity index (χ1v) is 13.6. The summed E-state index contributed by atoms with van der Waals surface area (Å²) >= 11 is 0. The number of hydrogen-bond donors (Lipinski definition) is 1. The van der Waals surface area contributed by atoms with Gasteiger partial charge < -0.3 is 10.1 Å². The fourth-order valence-corrected chi connectivity index (χ4v) is 5.49. The molecule has 2 aliphatic carbocycles. The van der Waals surface area contributed by atoms with Gasteiger partial charge >= 0.3 is 0 Å². The van der Waals surface area contributed by atoms with E-state index >= 15 is 4.39 Å². The molecule has 40 heavy (non-hydrogen) atoms. The first-order chi connectivity index (χ1) is 19.2. The lowest BCUT2D eigenvalue weighted by molar-refractivity contribution is -0.132. The predicted molar refractivity (Wildman–Crippen MR) is 140 cm³/mol. The maximum Gasteiger partial charge on any atom is 0.253 e. The van der Waals surface area contributed by atoms with Crippen LogP contribution in [0.3, 0.4) is 0 Å². The molecule has 2 heterocycles. The molecule has 0 bridgehead atoms. The number of nitrogens with one attached hydrogen (secondary N) is 1. The van der Waals surface area contributed by atoms with Crippen LogP contribution in [0.25, 0.3) is 0 Å². The normalized spacial score (nSPS) is 21.8. The van der Waals surface area contributed by atoms with Crippen molar-refractivity contribution in [3.8, 4) is 6.19 Å². The van der Waals surface area contributed by atoms with E-state index in [2.05, 4.69) is 10.3 Å². The van der Waals surface area contributed by atoms with Gasteiger partial charge in [-0.3, -0.25) is 24.4 Å². The number of nitriles is 1. The molecule has 2 atom stereocenters. The van der Waals surface area contributed by atoms with Gasteiger partial charge in [-0.1, -0.05) is 6.07 Å². The molecule has 212 valence electrons. The molecule has 1 unspecified atom stereocenters. The monoisotopic (exact) mass is 555 g/mol. The molecule has 2 aromatic rings. The van der Waals surface area contributed by atoms with Crippen molar-refractivity contribution in [3.05, 3.63) is 59.2 Å². The first-order valence-electron chi connectivity index (χ1n) is 13.6. The van der Waals surface area contributed by atoms with Crippen LogP contribution >= 0.6 is 0 Å². The maximum atomic E-state index is 15.8. The fourth-order valence-electron chi connectivity index (χ4n) is 5.49. The van der Waals surface area contributed by atoms with Gasteiger partial charge in [0.25, 0.3) is 5.91 Å². The minimum absolute atomic E-state index is 0.0779. The zero-order valence-corrected chi connectivity index (χ0v) is 22.3. The van der Waals surface area contributed by atoms with Crippen molar-refractivity contribution < 1.29 is 27.5 Å². The van der Waals surface area contributed by atoms with Crippen molar-refractivity contribution in [1.29, 1.82) is 5.26 Å². The van der Waals surface area contributed by atoms with Crippen LogP contribution in [-0.4, -0.2) is 59.5 Å². The van der Waals surface area contributed by atoms with Gasteiger partial charge in [-0.2, -0.15) is 5.26 Å². The second-order valence-electron chi connectivity index (χ2n) is 10.9. The summed E-state index contributed by atoms with van der Waals surface area (Å²) in [4.78, 5) is 34.8. The van der Waals surface area contributed by atoms with Crippen LogP contribution in [0.5, 0.6) is 0 Å². The number of hydrogen-bond acceptors (Lipinski definition) is 6. The Morgan fingerprint density at radius 1 is 1.23 bits per heavy atom. The highest BCUT2D eigenvalue weighted by Crippen LogP contribution is 2.42. The van der Waals surface area contributed by atoms with E-state index in [-0.39, 0.29) is 57.0 Å². The van der Waals surface area contributed by atoms with Crippen molar-refractivity contribution >= 4 is 17.5 Å². The van der Waals surface area contributed by atoms with E-state index in [0.29, 0.717) is 11.1 Å². The molecular formula is C29H32F3N5O3. The number of carbonyl (C=O) groups is 2. The van der Waals surface area contributed by atoms with E-state index in [1.165, 1.54) is 23.2 Å². The van der Waals surface area contributed by atoms with Crippen LogP contribution in [0.1, 0.15) is 67.2 Å². The lowest BCUT2D eigenvalue weighted by Gasteiger charge is -2.39. The van der Waals surface area contributed by atoms with Gasteiger partial charge in [0.2, 0.25) is 11.8 Å². The van der Waals surface area contributed by atoms with Gasteiger partial charge in [0.1, 0.15) is 17.9 Å². The number of aromatic nitrogens is 1. The quantitative estimate of drug-likeness (QED) is 0.510. The summed E-state index contributed by atoms with van der Waals surface area (Å²) in [6, 6.07) is 3.34. The Hall–Kier alpha value is -3.65. The summed E-state index contributed by atoms with van der Waals surface area (Å²) in [5.41, 5.74) is 1.70. The largest absolute Gasteiger partial charge is 0.377 e. The first kappa shape index (κ1) is 27.9. The number of anilines is 1. The lowest BCUT2D eigenvalue weighted by atomic mass is 9.91. The van der Waals surface area contributed by atoms with E-state index in [4.69, 9.17) is 4.74 Å². The van der Waals surface area contributed by atoms with E-state index < -0.39 is 41.7 Å². The predicted octanol–water partition coefficient (Wildman–Crippen LogP) is 4.36. The van der Waals surface area contributed by atoms with Crippen LogP contribution in [0, 0.1) is 24.2 Å². The highest BCUT2D eigenvalue weighted by molar-refractivity contribution is 6.04. The van der Waals surface area contributed by atoms with Crippen LogP contribution in [0.2, 0.25) is 0 Å². The van der Waals surface area contributed by atoms with Gasteiger partial charge in [-0.05, 0) is 67.9 Å². The number of halogens is 3. The number of pyridine rings is 1. The third-order valence-electron chi connectivity index (χ3n) is 8.00. The number of nitrogens with zero attached hydrogens (tertiary/aromatic N) is 4. The Bertz CT molecular complexity index is 1300. The van der Waals surface area contributed by atoms with Crippen molar-refractivity contribution in [2.75, 3.05) is 24.7 Å². The Morgan fingerprint density at radius 2 is 1.98 bits per heavy atom. The van der Waals surface area contributed by atoms with Crippen LogP contribution in [-0.2, 0) is 14.3 Å². The molecular weight excluding hydrogens is 523 g/mol. The smallest absolute Gasteiger partial charge is 0.253 e. The number of morpholine rings is 1. The number of aryl methyl sites for hydroxylation is 1. The summed E-state index contributed by atoms with van der Waals surface area (Å²) in [6.45, 7) is 2.06. The van der Waals surface area contributed by atoms with Gasteiger partial charge in [-0.25, -0.2) is 13.2 Å². The van der Waals surface area contributed by atoms with Crippen molar-refractivity contribution in [2.24, 2.45) is 0 Å². The molecule has 1 saturated heterocycles. The molecule has 0 radical (unpaired) electrons. The molecule has 2 amide bonds. The van der Waals surface area contributed by atoms with Crippen molar-refractivity contribution in [2.45, 2.75) is 75.4 Å². The Balaban J connectivity index is 1.58. The average Bonchev–Trinajstić information content (AvgIpc) is 3.79. The number of benzene rings is 1. The molecule has 5 rings (SSSR count). The third-order valence-corrected chi connectivity index (χ3v) is 8.00.